The second-order valence-electron chi connectivity index (χ2n) is 17.7. The summed E-state index contributed by atoms with van der Waals surface area (Å²) in [6.45, 7) is 5.13. The molecule has 16 nitrogen and oxygen atoms in total. The van der Waals surface area contributed by atoms with Crippen LogP contribution in [0.5, 0.6) is 0 Å². The van der Waals surface area contributed by atoms with Gasteiger partial charge in [0.25, 0.3) is 12.3 Å². The summed E-state index contributed by atoms with van der Waals surface area (Å²) in [6.07, 6.45) is 9.53. The van der Waals surface area contributed by atoms with Gasteiger partial charge in [-0.1, -0.05) is 18.2 Å². The number of nitrogens with one attached hydrogen (secondary N) is 2. The van der Waals surface area contributed by atoms with Gasteiger partial charge in [-0.2, -0.15) is 15.3 Å². The first-order valence-electron chi connectivity index (χ1n) is 21.7. The Labute approximate surface area is 351 Å². The number of benzene rings is 1. The van der Waals surface area contributed by atoms with Gasteiger partial charge in [0, 0.05) is 56.9 Å². The first-order chi connectivity index (χ1) is 29.6. The number of para-hydroxylation sites is 1. The number of nitrogens with zero attached hydrogens (tertiary/aromatic N) is 10. The van der Waals surface area contributed by atoms with Crippen molar-refractivity contribution in [3.8, 4) is 0 Å². The summed E-state index contributed by atoms with van der Waals surface area (Å²) < 4.78 is 39.4. The zero-order chi connectivity index (χ0) is 41.9. The number of carbonyl (C=O) groups is 3. The lowest BCUT2D eigenvalue weighted by molar-refractivity contribution is -0.134. The van der Waals surface area contributed by atoms with Crippen LogP contribution >= 0.6 is 0 Å². The molecule has 1 unspecified atom stereocenters. The van der Waals surface area contributed by atoms with E-state index in [1.165, 1.54) is 16.3 Å². The number of ether oxygens (including phenoxy) is 1. The van der Waals surface area contributed by atoms with E-state index >= 15 is 0 Å². The molecule has 5 aliphatic rings. The van der Waals surface area contributed by atoms with Gasteiger partial charge in [0.15, 0.2) is 11.3 Å². The number of imide groups is 1. The Morgan fingerprint density at radius 1 is 1.05 bits per heavy atom. The molecule has 1 aliphatic carbocycles. The van der Waals surface area contributed by atoms with Crippen LogP contribution in [0.4, 0.5) is 20.3 Å². The molecule has 5 aromatic rings. The van der Waals surface area contributed by atoms with E-state index in [1.54, 1.807) is 17.1 Å². The molecule has 0 radical (unpaired) electrons. The van der Waals surface area contributed by atoms with E-state index in [9.17, 15) is 23.2 Å². The van der Waals surface area contributed by atoms with Crippen molar-refractivity contribution in [2.75, 3.05) is 50.1 Å². The molecule has 61 heavy (non-hydrogen) atoms. The molecule has 4 aromatic heterocycles. The fraction of sp³-hybridized carbons (Fsp3) is 0.558. The molecular weight excluding hydrogens is 787 g/mol. The average Bonchev–Trinajstić information content (AvgIpc) is 4.11. The molecule has 1 aromatic carbocycles. The number of hydrogen-bond donors (Lipinski definition) is 2. The SMILES string of the molecule is CN(CC1CCC(n2cc(NC(=O)c3cnn4ccc(N5C[C@H]6C[C@@H]5CO6)nc34)c(C(F)F)n2)CC1)C1CCN(Cc2cccc3c(C4CCC(=O)NC4=O)nn(C)c23)CC1. The minimum atomic E-state index is -2.85. The van der Waals surface area contributed by atoms with Crippen LogP contribution in [0.25, 0.3) is 16.6 Å². The third-order valence-electron chi connectivity index (χ3n) is 13.9. The van der Waals surface area contributed by atoms with Crippen LogP contribution in [-0.2, 0) is 27.9 Å². The monoisotopic (exact) mass is 838 g/mol. The third kappa shape index (κ3) is 7.66. The van der Waals surface area contributed by atoms with Crippen molar-refractivity contribution in [2.45, 2.75) is 101 Å². The van der Waals surface area contributed by atoms with Gasteiger partial charge in [-0.05, 0) is 89.1 Å². The number of morpholine rings is 1. The van der Waals surface area contributed by atoms with Gasteiger partial charge >= 0.3 is 0 Å². The Hall–Kier alpha value is -5.33. The van der Waals surface area contributed by atoms with Gasteiger partial charge in [-0.3, -0.25) is 34.0 Å². The van der Waals surface area contributed by atoms with Crippen LogP contribution in [0.2, 0.25) is 0 Å². The predicted molar refractivity (Wildman–Crippen MR) is 221 cm³/mol. The maximum absolute atomic E-state index is 14.3. The molecule has 18 heteroatoms. The second-order valence-corrected chi connectivity index (χ2v) is 17.7. The normalized spacial score (nSPS) is 25.1. The fourth-order valence-electron chi connectivity index (χ4n) is 10.6. The van der Waals surface area contributed by atoms with Crippen LogP contribution in [0.3, 0.4) is 0 Å². The van der Waals surface area contributed by atoms with Crippen LogP contribution in [0, 0.1) is 5.92 Å². The number of aryl methyl sites for hydroxylation is 1. The number of alkyl halides is 2. The van der Waals surface area contributed by atoms with Crippen molar-refractivity contribution in [1.29, 1.82) is 0 Å². The van der Waals surface area contributed by atoms with Gasteiger partial charge in [0.1, 0.15) is 11.4 Å². The number of likely N-dealkylation sites (tertiary alicyclic amines) is 1. The molecule has 2 bridgehead atoms. The summed E-state index contributed by atoms with van der Waals surface area (Å²) in [6, 6.07) is 8.78. The highest BCUT2D eigenvalue weighted by molar-refractivity contribution is 6.08. The number of halogens is 2. The fourth-order valence-corrected chi connectivity index (χ4v) is 10.6. The highest BCUT2D eigenvalue weighted by atomic mass is 19.3. The lowest BCUT2D eigenvalue weighted by Crippen LogP contribution is -2.44. The number of carbonyl (C=O) groups excluding carboxylic acids is 3. The Morgan fingerprint density at radius 3 is 2.61 bits per heavy atom. The van der Waals surface area contributed by atoms with Gasteiger partial charge in [0.05, 0.1) is 53.8 Å². The topological polar surface area (TPSA) is 160 Å². The number of piperidine rings is 2. The van der Waals surface area contributed by atoms with Crippen LogP contribution in [-0.4, -0.2) is 120 Å². The molecule has 0 spiro atoms. The highest BCUT2D eigenvalue weighted by Crippen LogP contribution is 2.37. The van der Waals surface area contributed by atoms with Crippen molar-refractivity contribution in [1.82, 2.24) is 49.3 Å². The van der Waals surface area contributed by atoms with Crippen molar-refractivity contribution in [3.05, 3.63) is 65.4 Å². The Morgan fingerprint density at radius 2 is 1.87 bits per heavy atom. The number of rotatable bonds is 11. The zero-order valence-electron chi connectivity index (χ0n) is 34.6. The minimum absolute atomic E-state index is 0.00619. The molecule has 322 valence electrons. The third-order valence-corrected chi connectivity index (χ3v) is 13.9. The second kappa shape index (κ2) is 16.2. The molecule has 3 amide bonds. The maximum Gasteiger partial charge on any atom is 0.284 e. The molecule has 8 heterocycles. The number of hydrogen-bond acceptors (Lipinski definition) is 11. The van der Waals surface area contributed by atoms with E-state index in [-0.39, 0.29) is 41.3 Å². The van der Waals surface area contributed by atoms with Gasteiger partial charge < -0.3 is 19.9 Å². The molecule has 10 rings (SSSR count). The summed E-state index contributed by atoms with van der Waals surface area (Å²) in [5.74, 6) is -0.245. The molecule has 2 N–H and O–H groups in total. The Bertz CT molecular complexity index is 2470. The van der Waals surface area contributed by atoms with Gasteiger partial charge in [-0.15, -0.1) is 0 Å². The molecule has 5 fully saturated rings. The lowest BCUT2D eigenvalue weighted by Gasteiger charge is -2.39. The van der Waals surface area contributed by atoms with E-state index in [1.807, 2.05) is 29.9 Å². The molecular formula is C43H52F2N12O4. The largest absolute Gasteiger partial charge is 0.374 e. The molecule has 1 saturated carbocycles. The van der Waals surface area contributed by atoms with Crippen molar-refractivity contribution < 1.29 is 27.9 Å². The van der Waals surface area contributed by atoms with Crippen molar-refractivity contribution in [3.63, 3.8) is 0 Å². The van der Waals surface area contributed by atoms with Crippen LogP contribution in [0.15, 0.2) is 42.9 Å². The summed E-state index contributed by atoms with van der Waals surface area (Å²) in [5.41, 5.74) is 3.09. The number of aromatic nitrogens is 7. The maximum atomic E-state index is 14.3. The van der Waals surface area contributed by atoms with Gasteiger partial charge in [-0.25, -0.2) is 18.3 Å². The van der Waals surface area contributed by atoms with E-state index in [4.69, 9.17) is 14.8 Å². The van der Waals surface area contributed by atoms with E-state index in [2.05, 4.69) is 48.6 Å². The van der Waals surface area contributed by atoms with E-state index < -0.39 is 23.9 Å². The number of anilines is 2. The average molecular weight is 839 g/mol. The smallest absolute Gasteiger partial charge is 0.284 e. The first-order valence-corrected chi connectivity index (χ1v) is 21.7. The number of amides is 3. The number of fused-ring (bicyclic) bond motifs is 4. The summed E-state index contributed by atoms with van der Waals surface area (Å²) in [4.78, 5) is 49.9. The standard InChI is InChI=1S/C43H52F2N12O4/c1-52(27-12-15-54(16-13-27)21-26-4-3-5-31-37(50-53(2)39(26)31)32-10-11-36(58)49-42(32)59)20-25-6-8-28(9-7-25)57-23-34(38(51-57)40(44)45)47-43(60)33-19-46-56-17-14-35(48-41(33)56)55-22-30-18-29(55)24-61-30/h3-5,14,17,19,23,25,27-30,32,40H,6-13,15-16,18,20-22,24H2,1-2H3,(H,47,60)(H,49,58,59)/t25?,28?,29-,30-,32?/m1/s1. The van der Waals surface area contributed by atoms with Crippen LogP contribution in [0.1, 0.15) is 103 Å². The summed E-state index contributed by atoms with van der Waals surface area (Å²) in [7, 11) is 4.15. The zero-order valence-corrected chi connectivity index (χ0v) is 34.6. The Kier molecular flexibility index (Phi) is 10.5. The lowest BCUT2D eigenvalue weighted by atomic mass is 9.85. The predicted octanol–water partition coefficient (Wildman–Crippen LogP) is 4.83. The van der Waals surface area contributed by atoms with Gasteiger partial charge in [0.2, 0.25) is 11.8 Å². The molecule has 3 atom stereocenters. The van der Waals surface area contributed by atoms with E-state index in [0.717, 1.165) is 100 Å². The quantitative estimate of drug-likeness (QED) is 0.176. The minimum Gasteiger partial charge on any atom is -0.374 e. The van der Waals surface area contributed by atoms with Crippen LogP contribution < -0.4 is 15.5 Å². The Balaban J connectivity index is 0.723. The van der Waals surface area contributed by atoms with Crippen molar-refractivity contribution >= 4 is 45.8 Å². The summed E-state index contributed by atoms with van der Waals surface area (Å²) >= 11 is 0. The molecule has 4 saturated heterocycles. The highest BCUT2D eigenvalue weighted by Gasteiger charge is 2.40. The first kappa shape index (κ1) is 39.8. The molecule has 4 aliphatic heterocycles. The van der Waals surface area contributed by atoms with E-state index in [0.29, 0.717) is 37.1 Å². The van der Waals surface area contributed by atoms with Crippen molar-refractivity contribution in [2.24, 2.45) is 13.0 Å². The summed E-state index contributed by atoms with van der Waals surface area (Å²) in [5, 5.41) is 19.5.